The van der Waals surface area contributed by atoms with Crippen LogP contribution in [0.25, 0.3) is 0 Å². The highest BCUT2D eigenvalue weighted by atomic mass is 35.5. The third kappa shape index (κ3) is 4.24. The summed E-state index contributed by atoms with van der Waals surface area (Å²) < 4.78 is 0. The lowest BCUT2D eigenvalue weighted by Gasteiger charge is -2.40. The minimum absolute atomic E-state index is 0.0572. The summed E-state index contributed by atoms with van der Waals surface area (Å²) in [5.41, 5.74) is 0. The predicted octanol–water partition coefficient (Wildman–Crippen LogP) is 2.04. The van der Waals surface area contributed by atoms with Gasteiger partial charge in [0, 0.05) is 18.1 Å². The van der Waals surface area contributed by atoms with E-state index in [0.29, 0.717) is 0 Å². The van der Waals surface area contributed by atoms with Gasteiger partial charge in [0.25, 0.3) is 0 Å². The lowest BCUT2D eigenvalue weighted by molar-refractivity contribution is -0.307. The summed E-state index contributed by atoms with van der Waals surface area (Å²) in [5, 5.41) is 14.5. The number of hydrogen-bond donors (Lipinski definition) is 1. The van der Waals surface area contributed by atoms with Crippen molar-refractivity contribution in [2.45, 2.75) is 74.2 Å². The van der Waals surface area contributed by atoms with Crippen LogP contribution in [0.2, 0.25) is 0 Å². The normalized spacial score (nSPS) is 40.0. The number of carboxylic acid groups (broad SMARTS) is 1. The number of alkyl halides is 2. The van der Waals surface area contributed by atoms with Crippen LogP contribution in [-0.4, -0.2) is 28.8 Å². The number of nitrogens with one attached hydrogen (secondary N) is 1. The number of carboxylic acids is 1. The van der Waals surface area contributed by atoms with Crippen LogP contribution in [0.3, 0.4) is 0 Å². The first-order chi connectivity index (χ1) is 9.08. The summed E-state index contributed by atoms with van der Waals surface area (Å²) in [6, 6.07) is 0.321. The van der Waals surface area contributed by atoms with Crippen LogP contribution in [0, 0.1) is 5.92 Å². The molecule has 5 heteroatoms. The van der Waals surface area contributed by atoms with E-state index in [1.165, 1.54) is 0 Å². The first-order valence-electron chi connectivity index (χ1n) is 7.32. The van der Waals surface area contributed by atoms with Crippen molar-refractivity contribution in [2.75, 3.05) is 0 Å². The molecule has 4 atom stereocenters. The summed E-state index contributed by atoms with van der Waals surface area (Å²) in [7, 11) is 0. The summed E-state index contributed by atoms with van der Waals surface area (Å²) in [6.45, 7) is 0. The molecule has 0 saturated heterocycles. The molecule has 0 radical (unpaired) electrons. The van der Waals surface area contributed by atoms with Crippen molar-refractivity contribution in [2.24, 2.45) is 5.92 Å². The Morgan fingerprint density at radius 3 is 2.32 bits per heavy atom. The van der Waals surface area contributed by atoms with E-state index in [1.54, 1.807) is 0 Å². The Bertz CT molecular complexity index is 304. The zero-order valence-corrected chi connectivity index (χ0v) is 12.6. The number of hydrogen-bond acceptors (Lipinski definition) is 3. The molecular weight excluding hydrogens is 285 g/mol. The average molecular weight is 307 g/mol. The van der Waals surface area contributed by atoms with Crippen LogP contribution in [0.4, 0.5) is 0 Å². The highest BCUT2D eigenvalue weighted by Crippen LogP contribution is 2.32. The van der Waals surface area contributed by atoms with E-state index in [2.05, 4.69) is 5.32 Å². The van der Waals surface area contributed by atoms with Crippen LogP contribution >= 0.6 is 23.2 Å². The highest BCUT2D eigenvalue weighted by molar-refractivity contribution is 6.24. The Kier molecular flexibility index (Phi) is 5.79. The largest absolute Gasteiger partial charge is 0.550 e. The van der Waals surface area contributed by atoms with E-state index in [0.717, 1.165) is 44.9 Å². The lowest BCUT2D eigenvalue weighted by atomic mass is 9.81. The monoisotopic (exact) mass is 306 g/mol. The van der Waals surface area contributed by atoms with Crippen LogP contribution in [0.1, 0.15) is 51.4 Å². The molecule has 2 aliphatic carbocycles. The fraction of sp³-hybridized carbons (Fsp3) is 0.929. The van der Waals surface area contributed by atoms with Gasteiger partial charge in [0.15, 0.2) is 0 Å². The first-order valence-corrected chi connectivity index (χ1v) is 8.19. The van der Waals surface area contributed by atoms with Crippen LogP contribution in [-0.2, 0) is 4.79 Å². The molecule has 3 nitrogen and oxygen atoms in total. The maximum Gasteiger partial charge on any atom is 0.0503 e. The van der Waals surface area contributed by atoms with Gasteiger partial charge in [-0.1, -0.05) is 19.3 Å². The van der Waals surface area contributed by atoms with Gasteiger partial charge in [0.1, 0.15) is 0 Å². The van der Waals surface area contributed by atoms with Crippen LogP contribution < -0.4 is 10.4 Å². The Morgan fingerprint density at radius 2 is 1.68 bits per heavy atom. The van der Waals surface area contributed by atoms with Gasteiger partial charge in [-0.2, -0.15) is 0 Å². The lowest BCUT2D eigenvalue weighted by Crippen LogP contribution is -2.54. The number of rotatable bonds is 4. The zero-order chi connectivity index (χ0) is 13.8. The van der Waals surface area contributed by atoms with Gasteiger partial charge in [-0.05, 0) is 38.0 Å². The van der Waals surface area contributed by atoms with Crippen molar-refractivity contribution in [1.29, 1.82) is 0 Å². The molecule has 0 aliphatic heterocycles. The Balaban J connectivity index is 1.95. The number of halogens is 2. The maximum atomic E-state index is 10.8. The fourth-order valence-corrected chi connectivity index (χ4v) is 4.31. The molecule has 0 amide bonds. The number of carbonyl (C=O) groups is 1. The average Bonchev–Trinajstić information content (AvgIpc) is 2.35. The number of aliphatic carboxylic acids is 1. The highest BCUT2D eigenvalue weighted by Gasteiger charge is 2.35. The van der Waals surface area contributed by atoms with Crippen molar-refractivity contribution < 1.29 is 9.90 Å². The van der Waals surface area contributed by atoms with E-state index < -0.39 is 5.97 Å². The first kappa shape index (κ1) is 15.4. The third-order valence-corrected chi connectivity index (χ3v) is 5.46. The van der Waals surface area contributed by atoms with Gasteiger partial charge in [0.05, 0.1) is 10.8 Å². The Hall–Kier alpha value is 0.01000. The van der Waals surface area contributed by atoms with Gasteiger partial charge in [-0.3, -0.25) is 0 Å². The molecule has 0 heterocycles. The van der Waals surface area contributed by atoms with Crippen molar-refractivity contribution >= 4 is 29.2 Å². The second kappa shape index (κ2) is 7.14. The van der Waals surface area contributed by atoms with Crippen molar-refractivity contribution in [1.82, 2.24) is 5.32 Å². The van der Waals surface area contributed by atoms with E-state index in [-0.39, 0.29) is 35.2 Å². The van der Waals surface area contributed by atoms with Crippen LogP contribution in [0.15, 0.2) is 0 Å². The molecule has 0 aromatic rings. The molecule has 0 bridgehead atoms. The van der Waals surface area contributed by atoms with Gasteiger partial charge in [-0.25, -0.2) is 0 Å². The second-order valence-electron chi connectivity index (χ2n) is 5.88. The summed E-state index contributed by atoms with van der Waals surface area (Å²) in [5.74, 6) is -0.791. The zero-order valence-electron chi connectivity index (χ0n) is 11.1. The summed E-state index contributed by atoms with van der Waals surface area (Å²) in [6.07, 6.45) is 7.42. The SMILES string of the molecule is O=C([O-])CC1CCCCC1NC1C(Cl)CCCC1Cl. The minimum Gasteiger partial charge on any atom is -0.550 e. The topological polar surface area (TPSA) is 52.2 Å². The van der Waals surface area contributed by atoms with Gasteiger partial charge >= 0.3 is 0 Å². The minimum atomic E-state index is -0.952. The van der Waals surface area contributed by atoms with Gasteiger partial charge < -0.3 is 15.2 Å². The molecule has 19 heavy (non-hydrogen) atoms. The standard InChI is InChI=1S/C14H23Cl2NO2/c15-10-5-3-6-11(16)14(10)17-12-7-2-1-4-9(12)8-13(18)19/h9-12,14,17H,1-8H2,(H,18,19)/p-1. The van der Waals surface area contributed by atoms with Gasteiger partial charge in [0.2, 0.25) is 0 Å². The van der Waals surface area contributed by atoms with E-state index in [4.69, 9.17) is 23.2 Å². The molecule has 110 valence electrons. The molecule has 2 rings (SSSR count). The van der Waals surface area contributed by atoms with Crippen molar-refractivity contribution in [3.8, 4) is 0 Å². The molecule has 2 aliphatic rings. The molecule has 0 spiro atoms. The third-order valence-electron chi connectivity index (χ3n) is 4.48. The quantitative estimate of drug-likeness (QED) is 0.809. The Labute approximate surface area is 125 Å². The predicted molar refractivity (Wildman–Crippen MR) is 75.4 cm³/mol. The van der Waals surface area contributed by atoms with Crippen LogP contribution in [0.5, 0.6) is 0 Å². The summed E-state index contributed by atoms with van der Waals surface area (Å²) >= 11 is 12.7. The molecule has 4 unspecified atom stereocenters. The molecule has 2 saturated carbocycles. The van der Waals surface area contributed by atoms with E-state index in [9.17, 15) is 9.90 Å². The van der Waals surface area contributed by atoms with Gasteiger partial charge in [-0.15, -0.1) is 23.2 Å². The maximum absolute atomic E-state index is 10.8. The molecule has 1 N–H and O–H groups in total. The van der Waals surface area contributed by atoms with Crippen molar-refractivity contribution in [3.05, 3.63) is 0 Å². The summed E-state index contributed by atoms with van der Waals surface area (Å²) in [4.78, 5) is 10.8. The van der Waals surface area contributed by atoms with E-state index >= 15 is 0 Å². The molecular formula is C14H22Cl2NO2-. The van der Waals surface area contributed by atoms with E-state index in [1.807, 2.05) is 0 Å². The fourth-order valence-electron chi connectivity index (χ4n) is 3.44. The molecule has 2 fully saturated rings. The number of carbonyl (C=O) groups excluding carboxylic acids is 1. The Morgan fingerprint density at radius 1 is 1.05 bits per heavy atom. The second-order valence-corrected chi connectivity index (χ2v) is 7.00. The molecule has 0 aromatic heterocycles. The smallest absolute Gasteiger partial charge is 0.0503 e. The van der Waals surface area contributed by atoms with Crippen molar-refractivity contribution in [3.63, 3.8) is 0 Å². The molecule has 0 aromatic carbocycles.